The summed E-state index contributed by atoms with van der Waals surface area (Å²) in [7, 11) is 0. The van der Waals surface area contributed by atoms with E-state index in [4.69, 9.17) is 0 Å². The van der Waals surface area contributed by atoms with E-state index >= 15 is 0 Å². The van der Waals surface area contributed by atoms with Gasteiger partial charge in [0.2, 0.25) is 0 Å². The molecule has 0 aromatic carbocycles. The van der Waals surface area contributed by atoms with E-state index in [0.717, 1.165) is 17.6 Å². The van der Waals surface area contributed by atoms with Crippen molar-refractivity contribution in [3.63, 3.8) is 0 Å². The molecule has 0 fully saturated rings. The normalized spacial score (nSPS) is 14.3. The summed E-state index contributed by atoms with van der Waals surface area (Å²) in [5, 5.41) is 0. The first kappa shape index (κ1) is 9.35. The van der Waals surface area contributed by atoms with Gasteiger partial charge in [-0.15, -0.1) is 0 Å². The van der Waals surface area contributed by atoms with E-state index in [1.165, 1.54) is 12.8 Å². The molecule has 1 heteroatoms. The molecule has 0 N–H and O–H groups in total. The largest absolute Gasteiger partial charge is 0.179 e. The second kappa shape index (κ2) is 5.16. The molecule has 0 aliphatic carbocycles. The summed E-state index contributed by atoms with van der Waals surface area (Å²) in [6.45, 7) is 6.88. The Morgan fingerprint density at radius 2 is 1.78 bits per heavy atom. The van der Waals surface area contributed by atoms with Crippen LogP contribution in [0.4, 0.5) is 0 Å². The van der Waals surface area contributed by atoms with Crippen LogP contribution < -0.4 is 0 Å². The summed E-state index contributed by atoms with van der Waals surface area (Å²) in [5.74, 6) is 2.75. The monoisotopic (exact) mass is 146 g/mol. The van der Waals surface area contributed by atoms with E-state index in [0.29, 0.717) is 0 Å². The van der Waals surface area contributed by atoms with Crippen molar-refractivity contribution in [2.24, 2.45) is 11.8 Å². The van der Waals surface area contributed by atoms with E-state index in [9.17, 15) is 0 Å². The molecule has 0 bridgehead atoms. The first-order valence-corrected chi connectivity index (χ1v) is 4.42. The van der Waals surface area contributed by atoms with Crippen molar-refractivity contribution < 1.29 is 0 Å². The van der Waals surface area contributed by atoms with Gasteiger partial charge in [0.15, 0.2) is 0 Å². The smallest absolute Gasteiger partial charge is 0.00978 e. The highest BCUT2D eigenvalue weighted by Gasteiger charge is 2.04. The van der Waals surface area contributed by atoms with Crippen LogP contribution in [0.1, 0.15) is 33.6 Å². The minimum Gasteiger partial charge on any atom is -0.179 e. The van der Waals surface area contributed by atoms with Crippen LogP contribution in [0.15, 0.2) is 0 Å². The molecule has 0 heterocycles. The highest BCUT2D eigenvalue weighted by Crippen LogP contribution is 2.15. The fourth-order valence-corrected chi connectivity index (χ4v) is 0.929. The zero-order valence-corrected chi connectivity index (χ0v) is 7.62. The van der Waals surface area contributed by atoms with Gasteiger partial charge in [-0.05, 0) is 30.4 Å². The zero-order chi connectivity index (χ0) is 7.28. The predicted molar refractivity (Wildman–Crippen MR) is 47.1 cm³/mol. The van der Waals surface area contributed by atoms with Crippen LogP contribution in [0.5, 0.6) is 0 Å². The van der Waals surface area contributed by atoms with Gasteiger partial charge in [0.05, 0.1) is 0 Å². The van der Waals surface area contributed by atoms with Crippen LogP contribution in [0.25, 0.3) is 0 Å². The third kappa shape index (κ3) is 4.83. The molecule has 0 rings (SSSR count). The van der Waals surface area contributed by atoms with Crippen molar-refractivity contribution in [2.75, 3.05) is 5.75 Å². The molecular weight excluding hydrogens is 128 g/mol. The van der Waals surface area contributed by atoms with Crippen molar-refractivity contribution in [3.05, 3.63) is 0 Å². The molecule has 0 spiro atoms. The SMILES string of the molecule is CC(C)C(C)CCCS. The Labute approximate surface area is 64.4 Å². The lowest BCUT2D eigenvalue weighted by Crippen LogP contribution is -2.03. The quantitative estimate of drug-likeness (QED) is 0.579. The first-order chi connectivity index (χ1) is 4.18. The maximum absolute atomic E-state index is 4.16. The molecule has 1 atom stereocenters. The highest BCUT2D eigenvalue weighted by atomic mass is 32.1. The molecule has 0 aromatic rings. The van der Waals surface area contributed by atoms with Crippen LogP contribution in [0, 0.1) is 11.8 Å². The van der Waals surface area contributed by atoms with E-state index in [-0.39, 0.29) is 0 Å². The van der Waals surface area contributed by atoms with Crippen LogP contribution in [-0.2, 0) is 0 Å². The lowest BCUT2D eigenvalue weighted by atomic mass is 9.94. The minimum atomic E-state index is 0.838. The molecule has 0 aliphatic rings. The van der Waals surface area contributed by atoms with E-state index in [1.54, 1.807) is 0 Å². The number of rotatable bonds is 4. The van der Waals surface area contributed by atoms with Gasteiger partial charge in [-0.3, -0.25) is 0 Å². The highest BCUT2D eigenvalue weighted by molar-refractivity contribution is 7.80. The molecule has 56 valence electrons. The van der Waals surface area contributed by atoms with E-state index < -0.39 is 0 Å². The summed E-state index contributed by atoms with van der Waals surface area (Å²) in [6.07, 6.45) is 2.60. The molecule has 0 radical (unpaired) electrons. The Hall–Kier alpha value is 0.350. The van der Waals surface area contributed by atoms with Gasteiger partial charge in [-0.2, -0.15) is 12.6 Å². The summed E-state index contributed by atoms with van der Waals surface area (Å²) in [4.78, 5) is 0. The maximum atomic E-state index is 4.16. The molecule has 0 saturated heterocycles. The molecule has 0 amide bonds. The average molecular weight is 146 g/mol. The summed E-state index contributed by atoms with van der Waals surface area (Å²) in [5.41, 5.74) is 0. The molecule has 0 aromatic heterocycles. The van der Waals surface area contributed by atoms with E-state index in [1.807, 2.05) is 0 Å². The fourth-order valence-electron chi connectivity index (χ4n) is 0.747. The minimum absolute atomic E-state index is 0.838. The molecule has 0 saturated carbocycles. The lowest BCUT2D eigenvalue weighted by molar-refractivity contribution is 0.390. The first-order valence-electron chi connectivity index (χ1n) is 3.79. The van der Waals surface area contributed by atoms with Gasteiger partial charge < -0.3 is 0 Å². The Balaban J connectivity index is 3.16. The Bertz CT molecular complexity index is 59.6. The fraction of sp³-hybridized carbons (Fsp3) is 1.00. The van der Waals surface area contributed by atoms with Crippen molar-refractivity contribution in [3.8, 4) is 0 Å². The third-order valence-electron chi connectivity index (χ3n) is 1.96. The summed E-state index contributed by atoms with van der Waals surface area (Å²) < 4.78 is 0. The molecule has 0 nitrogen and oxygen atoms in total. The van der Waals surface area contributed by atoms with Crippen LogP contribution >= 0.6 is 12.6 Å². The van der Waals surface area contributed by atoms with Crippen molar-refractivity contribution in [2.45, 2.75) is 33.6 Å². The average Bonchev–Trinajstić information content (AvgIpc) is 1.82. The maximum Gasteiger partial charge on any atom is -0.00978 e. The predicted octanol–water partition coefficient (Wildman–Crippen LogP) is 2.99. The van der Waals surface area contributed by atoms with Crippen LogP contribution in [-0.4, -0.2) is 5.75 Å². The standard InChI is InChI=1S/C8H18S/c1-7(2)8(3)5-4-6-9/h7-9H,4-6H2,1-3H3. The number of hydrogen-bond donors (Lipinski definition) is 1. The second-order valence-corrected chi connectivity index (χ2v) is 3.53. The topological polar surface area (TPSA) is 0 Å². The zero-order valence-electron chi connectivity index (χ0n) is 6.72. The van der Waals surface area contributed by atoms with Crippen LogP contribution in [0.2, 0.25) is 0 Å². The number of hydrogen-bond acceptors (Lipinski definition) is 1. The van der Waals surface area contributed by atoms with Gasteiger partial charge in [0, 0.05) is 0 Å². The second-order valence-electron chi connectivity index (χ2n) is 3.09. The molecular formula is C8H18S. The van der Waals surface area contributed by atoms with E-state index in [2.05, 4.69) is 33.4 Å². The summed E-state index contributed by atoms with van der Waals surface area (Å²) >= 11 is 4.16. The Morgan fingerprint density at radius 1 is 1.22 bits per heavy atom. The third-order valence-corrected chi connectivity index (χ3v) is 2.27. The van der Waals surface area contributed by atoms with Crippen LogP contribution in [0.3, 0.4) is 0 Å². The van der Waals surface area contributed by atoms with Crippen molar-refractivity contribution in [1.29, 1.82) is 0 Å². The summed E-state index contributed by atoms with van der Waals surface area (Å²) in [6, 6.07) is 0. The lowest BCUT2D eigenvalue weighted by Gasteiger charge is -2.13. The van der Waals surface area contributed by atoms with Crippen molar-refractivity contribution >= 4 is 12.6 Å². The molecule has 9 heavy (non-hydrogen) atoms. The Morgan fingerprint density at radius 3 is 2.11 bits per heavy atom. The van der Waals surface area contributed by atoms with Gasteiger partial charge in [-0.1, -0.05) is 20.8 Å². The Kier molecular flexibility index (Phi) is 5.36. The van der Waals surface area contributed by atoms with Gasteiger partial charge in [0.25, 0.3) is 0 Å². The molecule has 1 unspecified atom stereocenters. The molecule has 0 aliphatic heterocycles. The van der Waals surface area contributed by atoms with Gasteiger partial charge in [-0.25, -0.2) is 0 Å². The van der Waals surface area contributed by atoms with Crippen molar-refractivity contribution in [1.82, 2.24) is 0 Å². The number of thiol groups is 1. The van der Waals surface area contributed by atoms with Gasteiger partial charge >= 0.3 is 0 Å². The van der Waals surface area contributed by atoms with Gasteiger partial charge in [0.1, 0.15) is 0 Å².